The molecule has 2 aromatic rings. The fourth-order valence-electron chi connectivity index (χ4n) is 2.97. The predicted octanol–water partition coefficient (Wildman–Crippen LogP) is 2.35. The van der Waals surface area contributed by atoms with Crippen molar-refractivity contribution in [2.24, 2.45) is 0 Å². The molecule has 25 heavy (non-hydrogen) atoms. The van der Waals surface area contributed by atoms with Gasteiger partial charge in [-0.3, -0.25) is 15.0 Å². The van der Waals surface area contributed by atoms with Crippen molar-refractivity contribution in [1.29, 1.82) is 0 Å². The second-order valence-electron chi connectivity index (χ2n) is 6.12. The number of nitro groups is 1. The molecule has 2 N–H and O–H groups in total. The fourth-order valence-corrected chi connectivity index (χ4v) is 2.97. The van der Waals surface area contributed by atoms with E-state index in [0.29, 0.717) is 24.5 Å². The zero-order chi connectivity index (χ0) is 17.8. The number of β-amino-alcohol motifs (C(OH)–C–C–N with tert-alkyl or cyclic N) is 1. The molecular weight excluding hydrogens is 327 g/mol. The second-order valence-corrected chi connectivity index (χ2v) is 6.12. The van der Waals surface area contributed by atoms with E-state index in [1.165, 1.54) is 24.4 Å². The fraction of sp³-hybridized carbons (Fsp3) is 0.353. The molecule has 0 radical (unpaired) electrons. The minimum atomic E-state index is -0.744. The van der Waals surface area contributed by atoms with Gasteiger partial charge in [-0.05, 0) is 30.2 Å². The predicted molar refractivity (Wildman–Crippen MR) is 90.7 cm³/mol. The number of halogens is 1. The van der Waals surface area contributed by atoms with Gasteiger partial charge in [0.2, 0.25) is 0 Å². The smallest absolute Gasteiger partial charge is 0.287 e. The Morgan fingerprint density at radius 3 is 2.96 bits per heavy atom. The molecule has 0 saturated carbocycles. The van der Waals surface area contributed by atoms with Crippen LogP contribution >= 0.6 is 0 Å². The van der Waals surface area contributed by atoms with Crippen LogP contribution in [0.1, 0.15) is 18.1 Å². The molecule has 3 rings (SSSR count). The van der Waals surface area contributed by atoms with Gasteiger partial charge in [-0.15, -0.1) is 0 Å². The van der Waals surface area contributed by atoms with Gasteiger partial charge in [-0.1, -0.05) is 12.1 Å². The van der Waals surface area contributed by atoms with E-state index < -0.39 is 11.0 Å². The summed E-state index contributed by atoms with van der Waals surface area (Å²) in [7, 11) is 0. The molecule has 1 aromatic carbocycles. The number of pyridine rings is 1. The van der Waals surface area contributed by atoms with E-state index in [2.05, 4.69) is 15.2 Å². The van der Waals surface area contributed by atoms with Gasteiger partial charge in [0.15, 0.2) is 0 Å². The van der Waals surface area contributed by atoms with Gasteiger partial charge in [0.05, 0.1) is 11.0 Å². The molecule has 0 spiro atoms. The van der Waals surface area contributed by atoms with E-state index in [1.54, 1.807) is 18.2 Å². The lowest BCUT2D eigenvalue weighted by Gasteiger charge is -2.20. The molecule has 1 aliphatic heterocycles. The number of aromatic nitrogens is 1. The molecule has 1 aromatic heterocycles. The summed E-state index contributed by atoms with van der Waals surface area (Å²) in [5, 5.41) is 24.1. The minimum absolute atomic E-state index is 0.0446. The number of benzene rings is 1. The van der Waals surface area contributed by atoms with Gasteiger partial charge < -0.3 is 10.4 Å². The van der Waals surface area contributed by atoms with Crippen molar-refractivity contribution in [1.82, 2.24) is 9.88 Å². The highest BCUT2D eigenvalue weighted by atomic mass is 19.1. The first-order valence-electron chi connectivity index (χ1n) is 8.04. The number of nitrogens with zero attached hydrogens (tertiary/aromatic N) is 3. The van der Waals surface area contributed by atoms with Crippen molar-refractivity contribution in [3.8, 4) is 0 Å². The number of hydrogen-bond donors (Lipinski definition) is 2. The average molecular weight is 346 g/mol. The summed E-state index contributed by atoms with van der Waals surface area (Å²) < 4.78 is 13.2. The van der Waals surface area contributed by atoms with E-state index in [1.807, 2.05) is 0 Å². The monoisotopic (exact) mass is 346 g/mol. The molecule has 1 aliphatic rings. The maximum Gasteiger partial charge on any atom is 0.287 e. The van der Waals surface area contributed by atoms with E-state index >= 15 is 0 Å². The summed E-state index contributed by atoms with van der Waals surface area (Å²) >= 11 is 0. The van der Waals surface area contributed by atoms with E-state index in [0.717, 1.165) is 13.0 Å². The Hall–Kier alpha value is -2.58. The third-order valence-electron chi connectivity index (χ3n) is 4.25. The Labute approximate surface area is 144 Å². The van der Waals surface area contributed by atoms with Crippen LogP contribution in [0.5, 0.6) is 0 Å². The second kappa shape index (κ2) is 7.54. The summed E-state index contributed by atoms with van der Waals surface area (Å²) in [5.41, 5.74) is 0.519. The van der Waals surface area contributed by atoms with Gasteiger partial charge >= 0.3 is 0 Å². The first-order chi connectivity index (χ1) is 12.0. The van der Waals surface area contributed by atoms with E-state index in [9.17, 15) is 19.6 Å². The molecule has 0 unspecified atom stereocenters. The number of anilines is 1. The van der Waals surface area contributed by atoms with Gasteiger partial charge in [-0.2, -0.15) is 0 Å². The molecule has 8 heteroatoms. The standard InChI is InChI=1S/C17H19FN4O3/c18-13-3-1-2-12(8-13)16(23)11-21-7-6-14(10-21)20-17-5-4-15(9-19-17)22(24)25/h1-5,8-9,14,16,23H,6-7,10-11H2,(H,19,20)/t14-,16+/m0/s1. The molecule has 0 aliphatic carbocycles. The molecule has 1 fully saturated rings. The third kappa shape index (κ3) is 4.49. The van der Waals surface area contributed by atoms with Crippen molar-refractivity contribution < 1.29 is 14.4 Å². The third-order valence-corrected chi connectivity index (χ3v) is 4.25. The highest BCUT2D eigenvalue weighted by molar-refractivity contribution is 5.41. The van der Waals surface area contributed by atoms with Gasteiger partial charge in [0.1, 0.15) is 17.8 Å². The van der Waals surface area contributed by atoms with Crippen molar-refractivity contribution in [3.63, 3.8) is 0 Å². The van der Waals surface area contributed by atoms with Crippen LogP contribution in [-0.2, 0) is 0 Å². The Bertz CT molecular complexity index is 741. The summed E-state index contributed by atoms with van der Waals surface area (Å²) in [6, 6.07) is 9.13. The number of hydrogen-bond acceptors (Lipinski definition) is 6. The van der Waals surface area contributed by atoms with E-state index in [-0.39, 0.29) is 17.5 Å². The molecule has 2 atom stereocenters. The molecule has 132 valence electrons. The number of aliphatic hydroxyl groups excluding tert-OH is 1. The highest BCUT2D eigenvalue weighted by Crippen LogP contribution is 2.20. The molecular formula is C17H19FN4O3. The maximum atomic E-state index is 13.2. The van der Waals surface area contributed by atoms with Crippen LogP contribution in [0.3, 0.4) is 0 Å². The molecule has 0 amide bonds. The van der Waals surface area contributed by atoms with E-state index in [4.69, 9.17) is 0 Å². The Morgan fingerprint density at radius 2 is 2.28 bits per heavy atom. The lowest BCUT2D eigenvalue weighted by atomic mass is 10.1. The largest absolute Gasteiger partial charge is 0.387 e. The van der Waals surface area contributed by atoms with Crippen molar-refractivity contribution in [2.45, 2.75) is 18.6 Å². The van der Waals surface area contributed by atoms with Crippen molar-refractivity contribution in [2.75, 3.05) is 25.0 Å². The van der Waals surface area contributed by atoms with Crippen LogP contribution < -0.4 is 5.32 Å². The summed E-state index contributed by atoms with van der Waals surface area (Å²) in [4.78, 5) is 16.3. The normalized spacial score (nSPS) is 18.9. The molecule has 7 nitrogen and oxygen atoms in total. The van der Waals surface area contributed by atoms with Crippen LogP contribution in [0, 0.1) is 15.9 Å². The van der Waals surface area contributed by atoms with Gasteiger partial charge in [0, 0.05) is 31.7 Å². The summed E-state index contributed by atoms with van der Waals surface area (Å²) in [5.74, 6) is 0.227. The lowest BCUT2D eigenvalue weighted by molar-refractivity contribution is -0.385. The molecule has 2 heterocycles. The minimum Gasteiger partial charge on any atom is -0.387 e. The van der Waals surface area contributed by atoms with Crippen LogP contribution in [0.4, 0.5) is 15.9 Å². The maximum absolute atomic E-state index is 13.2. The topological polar surface area (TPSA) is 91.5 Å². The average Bonchev–Trinajstić information content (AvgIpc) is 3.02. The zero-order valence-electron chi connectivity index (χ0n) is 13.5. The Morgan fingerprint density at radius 1 is 1.44 bits per heavy atom. The van der Waals surface area contributed by atoms with Crippen LogP contribution in [-0.4, -0.2) is 45.6 Å². The Kier molecular flexibility index (Phi) is 5.20. The number of aliphatic hydroxyl groups is 1. The first kappa shape index (κ1) is 17.2. The van der Waals surface area contributed by atoms with Gasteiger partial charge in [0.25, 0.3) is 5.69 Å². The van der Waals surface area contributed by atoms with Gasteiger partial charge in [-0.25, -0.2) is 9.37 Å². The lowest BCUT2D eigenvalue weighted by Crippen LogP contribution is -2.30. The van der Waals surface area contributed by atoms with Crippen LogP contribution in [0.15, 0.2) is 42.6 Å². The highest BCUT2D eigenvalue weighted by Gasteiger charge is 2.25. The van der Waals surface area contributed by atoms with Crippen molar-refractivity contribution >= 4 is 11.5 Å². The van der Waals surface area contributed by atoms with Crippen molar-refractivity contribution in [3.05, 3.63) is 64.1 Å². The molecule has 1 saturated heterocycles. The Balaban J connectivity index is 1.52. The summed E-state index contributed by atoms with van der Waals surface area (Å²) in [6.45, 7) is 1.94. The first-order valence-corrected chi connectivity index (χ1v) is 8.04. The molecule has 0 bridgehead atoms. The number of rotatable bonds is 6. The zero-order valence-corrected chi connectivity index (χ0v) is 13.5. The SMILES string of the molecule is O=[N+]([O-])c1ccc(N[C@H]2CCN(C[C@@H](O)c3cccc(F)c3)C2)nc1. The quantitative estimate of drug-likeness (QED) is 0.616. The number of nitrogens with one attached hydrogen (secondary N) is 1. The summed E-state index contributed by atoms with van der Waals surface area (Å²) in [6.07, 6.45) is 1.35. The van der Waals surface area contributed by atoms with Crippen LogP contribution in [0.2, 0.25) is 0 Å². The van der Waals surface area contributed by atoms with Crippen LogP contribution in [0.25, 0.3) is 0 Å². The number of likely N-dealkylation sites (tertiary alicyclic amines) is 1.